The lowest BCUT2D eigenvalue weighted by Gasteiger charge is -2.20. The van der Waals surface area contributed by atoms with Crippen LogP contribution in [0.25, 0.3) is 0 Å². The lowest BCUT2D eigenvalue weighted by Crippen LogP contribution is -2.22. The number of aryl methyl sites for hydroxylation is 1. The second-order valence-corrected chi connectivity index (χ2v) is 5.07. The van der Waals surface area contributed by atoms with Crippen LogP contribution in [0.15, 0.2) is 12.1 Å². The largest absolute Gasteiger partial charge is 0.493 e. The molecule has 0 bridgehead atoms. The Morgan fingerprint density at radius 2 is 2.21 bits per heavy atom. The first-order valence-corrected chi connectivity index (χ1v) is 7.37. The second-order valence-electron chi connectivity index (χ2n) is 5.07. The summed E-state index contributed by atoms with van der Waals surface area (Å²) in [4.78, 5) is 0. The number of fused-ring (bicyclic) bond motifs is 1. The molecule has 106 valence electrons. The van der Waals surface area contributed by atoms with Gasteiger partial charge in [-0.25, -0.2) is 0 Å². The van der Waals surface area contributed by atoms with Gasteiger partial charge in [0.15, 0.2) is 11.5 Å². The summed E-state index contributed by atoms with van der Waals surface area (Å²) in [5.74, 6) is 1.81. The molecule has 0 aromatic heterocycles. The lowest BCUT2D eigenvalue weighted by molar-refractivity contribution is 0.294. The number of ether oxygens (including phenoxy) is 2. The summed E-state index contributed by atoms with van der Waals surface area (Å²) >= 11 is 0. The van der Waals surface area contributed by atoms with E-state index >= 15 is 0 Å². The maximum absolute atomic E-state index is 5.92. The second kappa shape index (κ2) is 6.80. The van der Waals surface area contributed by atoms with Crippen molar-refractivity contribution in [3.63, 3.8) is 0 Å². The van der Waals surface area contributed by atoms with Crippen LogP contribution >= 0.6 is 0 Å². The SMILES string of the molecule is CCCNC1CCCOc2c(OC)cc(CC)cc21. The van der Waals surface area contributed by atoms with Crippen LogP contribution < -0.4 is 14.8 Å². The average Bonchev–Trinajstić information content (AvgIpc) is 2.66. The number of methoxy groups -OCH3 is 1. The molecule has 19 heavy (non-hydrogen) atoms. The van der Waals surface area contributed by atoms with E-state index in [-0.39, 0.29) is 0 Å². The van der Waals surface area contributed by atoms with E-state index in [1.54, 1.807) is 7.11 Å². The third-order valence-electron chi connectivity index (χ3n) is 3.67. The number of nitrogens with one attached hydrogen (secondary N) is 1. The van der Waals surface area contributed by atoms with Crippen LogP contribution in [0.4, 0.5) is 0 Å². The first kappa shape index (κ1) is 14.2. The van der Waals surface area contributed by atoms with Gasteiger partial charge in [-0.05, 0) is 43.9 Å². The number of hydrogen-bond donors (Lipinski definition) is 1. The molecule has 0 radical (unpaired) electrons. The Balaban J connectivity index is 2.39. The van der Waals surface area contributed by atoms with E-state index in [0.717, 1.165) is 50.3 Å². The van der Waals surface area contributed by atoms with E-state index in [0.29, 0.717) is 6.04 Å². The fraction of sp³-hybridized carbons (Fsp3) is 0.625. The van der Waals surface area contributed by atoms with E-state index < -0.39 is 0 Å². The van der Waals surface area contributed by atoms with Crippen molar-refractivity contribution in [1.29, 1.82) is 0 Å². The molecule has 0 spiro atoms. The first-order valence-electron chi connectivity index (χ1n) is 7.37. The van der Waals surface area contributed by atoms with Crippen molar-refractivity contribution in [2.75, 3.05) is 20.3 Å². The molecule has 3 heteroatoms. The van der Waals surface area contributed by atoms with E-state index in [4.69, 9.17) is 9.47 Å². The number of benzene rings is 1. The molecule has 2 rings (SSSR count). The summed E-state index contributed by atoms with van der Waals surface area (Å²) in [6.45, 7) is 6.19. The van der Waals surface area contributed by atoms with Crippen LogP contribution in [0.1, 0.15) is 50.3 Å². The summed E-state index contributed by atoms with van der Waals surface area (Å²) in [6, 6.07) is 4.76. The molecule has 1 aromatic carbocycles. The number of hydrogen-bond acceptors (Lipinski definition) is 3. The smallest absolute Gasteiger partial charge is 0.165 e. The minimum absolute atomic E-state index is 0.387. The Morgan fingerprint density at radius 3 is 2.89 bits per heavy atom. The zero-order valence-corrected chi connectivity index (χ0v) is 12.3. The van der Waals surface area contributed by atoms with E-state index in [1.807, 2.05) is 0 Å². The maximum Gasteiger partial charge on any atom is 0.165 e. The zero-order valence-electron chi connectivity index (χ0n) is 12.3. The van der Waals surface area contributed by atoms with Crippen molar-refractivity contribution in [3.05, 3.63) is 23.3 Å². The summed E-state index contributed by atoms with van der Waals surface area (Å²) in [5, 5.41) is 3.63. The summed E-state index contributed by atoms with van der Waals surface area (Å²) in [7, 11) is 1.72. The van der Waals surface area contributed by atoms with Gasteiger partial charge in [-0.1, -0.05) is 19.9 Å². The van der Waals surface area contributed by atoms with Crippen molar-refractivity contribution in [2.24, 2.45) is 0 Å². The van der Waals surface area contributed by atoms with Gasteiger partial charge >= 0.3 is 0 Å². The Kier molecular flexibility index (Phi) is 5.08. The molecule has 0 amide bonds. The van der Waals surface area contributed by atoms with E-state index in [2.05, 4.69) is 31.3 Å². The molecule has 1 aliphatic rings. The Labute approximate surface area is 116 Å². The summed E-state index contributed by atoms with van der Waals surface area (Å²) < 4.78 is 11.4. The van der Waals surface area contributed by atoms with Gasteiger partial charge in [-0.2, -0.15) is 0 Å². The standard InChI is InChI=1S/C16H25NO2/c1-4-8-17-14-7-6-9-19-16-13(14)10-12(5-2)11-15(16)18-3/h10-11,14,17H,4-9H2,1-3H3. The molecule has 0 aliphatic carbocycles. The van der Waals surface area contributed by atoms with Crippen LogP contribution in [0.2, 0.25) is 0 Å². The molecule has 3 nitrogen and oxygen atoms in total. The third-order valence-corrected chi connectivity index (χ3v) is 3.67. The van der Waals surface area contributed by atoms with Gasteiger partial charge in [0.1, 0.15) is 0 Å². The fourth-order valence-electron chi connectivity index (χ4n) is 2.60. The van der Waals surface area contributed by atoms with Crippen molar-refractivity contribution >= 4 is 0 Å². The molecular formula is C16H25NO2. The predicted octanol–water partition coefficient (Wildman–Crippen LogP) is 3.47. The molecule has 0 fully saturated rings. The molecule has 0 saturated carbocycles. The third kappa shape index (κ3) is 3.21. The lowest BCUT2D eigenvalue weighted by atomic mass is 9.98. The van der Waals surface area contributed by atoms with Gasteiger partial charge in [0, 0.05) is 11.6 Å². The van der Waals surface area contributed by atoms with Crippen LogP contribution in [-0.2, 0) is 6.42 Å². The molecule has 1 unspecified atom stereocenters. The highest BCUT2D eigenvalue weighted by atomic mass is 16.5. The molecule has 1 atom stereocenters. The molecule has 1 aliphatic heterocycles. The summed E-state index contributed by atoms with van der Waals surface area (Å²) in [6.07, 6.45) is 4.38. The first-order chi connectivity index (χ1) is 9.30. The van der Waals surface area contributed by atoms with E-state index in [1.165, 1.54) is 11.1 Å². The van der Waals surface area contributed by atoms with Crippen LogP contribution in [0, 0.1) is 0 Å². The Morgan fingerprint density at radius 1 is 1.37 bits per heavy atom. The van der Waals surface area contributed by atoms with E-state index in [9.17, 15) is 0 Å². The van der Waals surface area contributed by atoms with Crippen LogP contribution in [0.5, 0.6) is 11.5 Å². The van der Waals surface area contributed by atoms with Gasteiger partial charge in [-0.3, -0.25) is 0 Å². The van der Waals surface area contributed by atoms with Gasteiger partial charge in [0.2, 0.25) is 0 Å². The summed E-state index contributed by atoms with van der Waals surface area (Å²) in [5.41, 5.74) is 2.58. The normalized spacial score (nSPS) is 18.4. The van der Waals surface area contributed by atoms with Crippen LogP contribution in [0.3, 0.4) is 0 Å². The molecule has 1 N–H and O–H groups in total. The van der Waals surface area contributed by atoms with Crippen molar-refractivity contribution in [1.82, 2.24) is 5.32 Å². The molecular weight excluding hydrogens is 238 g/mol. The Bertz CT molecular complexity index is 417. The van der Waals surface area contributed by atoms with Crippen LogP contribution in [-0.4, -0.2) is 20.3 Å². The maximum atomic E-state index is 5.92. The molecule has 0 saturated heterocycles. The number of rotatable bonds is 5. The van der Waals surface area contributed by atoms with Crippen molar-refractivity contribution < 1.29 is 9.47 Å². The predicted molar refractivity (Wildman–Crippen MR) is 78.1 cm³/mol. The molecule has 1 aromatic rings. The van der Waals surface area contributed by atoms with Gasteiger partial charge in [-0.15, -0.1) is 0 Å². The fourth-order valence-corrected chi connectivity index (χ4v) is 2.60. The monoisotopic (exact) mass is 263 g/mol. The van der Waals surface area contributed by atoms with Gasteiger partial charge in [0.25, 0.3) is 0 Å². The van der Waals surface area contributed by atoms with Crippen molar-refractivity contribution in [3.8, 4) is 11.5 Å². The van der Waals surface area contributed by atoms with Crippen molar-refractivity contribution in [2.45, 2.75) is 45.6 Å². The van der Waals surface area contributed by atoms with Gasteiger partial charge < -0.3 is 14.8 Å². The quantitative estimate of drug-likeness (QED) is 0.882. The minimum atomic E-state index is 0.387. The highest BCUT2D eigenvalue weighted by molar-refractivity contribution is 5.51. The zero-order chi connectivity index (χ0) is 13.7. The Hall–Kier alpha value is -1.22. The average molecular weight is 263 g/mol. The van der Waals surface area contributed by atoms with Gasteiger partial charge in [0.05, 0.1) is 13.7 Å². The highest BCUT2D eigenvalue weighted by Gasteiger charge is 2.23. The highest BCUT2D eigenvalue weighted by Crippen LogP contribution is 2.40. The molecule has 1 heterocycles. The topological polar surface area (TPSA) is 30.5 Å². The minimum Gasteiger partial charge on any atom is -0.493 e.